The molecule has 0 saturated heterocycles. The quantitative estimate of drug-likeness (QED) is 0.499. The van der Waals surface area contributed by atoms with Gasteiger partial charge in [0.05, 0.1) is 11.7 Å². The number of pyridine rings is 1. The van der Waals surface area contributed by atoms with Crippen LogP contribution in [0.25, 0.3) is 16.8 Å². The van der Waals surface area contributed by atoms with Crippen LogP contribution >= 0.6 is 0 Å². The summed E-state index contributed by atoms with van der Waals surface area (Å²) in [7, 11) is 0. The summed E-state index contributed by atoms with van der Waals surface area (Å²) in [5.41, 5.74) is 2.36. The van der Waals surface area contributed by atoms with Gasteiger partial charge in [-0.25, -0.2) is 9.97 Å². The zero-order valence-corrected chi connectivity index (χ0v) is 6.62. The van der Waals surface area contributed by atoms with Gasteiger partial charge in [0.15, 0.2) is 11.3 Å². The summed E-state index contributed by atoms with van der Waals surface area (Å²) in [6, 6.07) is 3.80. The van der Waals surface area contributed by atoms with Crippen molar-refractivity contribution >= 4 is 16.8 Å². The standard InChI is InChI=1S/C8H5N5/c1-2-6-8(9-3-1)10-4-7-12-11-5-13(6)7/h1-5H. The Kier molecular flexibility index (Phi) is 1.11. The molecule has 0 aliphatic heterocycles. The summed E-state index contributed by atoms with van der Waals surface area (Å²) in [5.74, 6) is 0. The third kappa shape index (κ3) is 0.807. The first kappa shape index (κ1) is 6.47. The Hall–Kier alpha value is -2.04. The van der Waals surface area contributed by atoms with Crippen molar-refractivity contribution in [3.8, 4) is 0 Å². The van der Waals surface area contributed by atoms with Crippen LogP contribution in [0.5, 0.6) is 0 Å². The summed E-state index contributed by atoms with van der Waals surface area (Å²) >= 11 is 0. The SMILES string of the molecule is c1cnc2ncc3nncn3c2c1. The van der Waals surface area contributed by atoms with Crippen LogP contribution in [0.4, 0.5) is 0 Å². The van der Waals surface area contributed by atoms with Gasteiger partial charge in [0, 0.05) is 6.20 Å². The number of hydrogen-bond acceptors (Lipinski definition) is 4. The molecule has 0 spiro atoms. The van der Waals surface area contributed by atoms with Crippen molar-refractivity contribution in [1.82, 2.24) is 24.6 Å². The Balaban J connectivity index is 2.65. The molecule has 5 nitrogen and oxygen atoms in total. The van der Waals surface area contributed by atoms with Crippen LogP contribution in [-0.4, -0.2) is 24.6 Å². The minimum absolute atomic E-state index is 0.704. The molecule has 62 valence electrons. The first-order valence-electron chi connectivity index (χ1n) is 3.84. The second-order valence-electron chi connectivity index (χ2n) is 2.66. The summed E-state index contributed by atoms with van der Waals surface area (Å²) in [4.78, 5) is 8.27. The second-order valence-corrected chi connectivity index (χ2v) is 2.66. The Morgan fingerprint density at radius 2 is 2.23 bits per heavy atom. The van der Waals surface area contributed by atoms with Crippen LogP contribution < -0.4 is 0 Å². The molecule has 3 aromatic rings. The van der Waals surface area contributed by atoms with Crippen LogP contribution in [-0.2, 0) is 0 Å². The van der Waals surface area contributed by atoms with E-state index in [0.29, 0.717) is 5.65 Å². The van der Waals surface area contributed by atoms with Gasteiger partial charge >= 0.3 is 0 Å². The molecule has 13 heavy (non-hydrogen) atoms. The average Bonchev–Trinajstić information content (AvgIpc) is 2.65. The van der Waals surface area contributed by atoms with Gasteiger partial charge in [0.1, 0.15) is 6.33 Å². The van der Waals surface area contributed by atoms with E-state index in [1.807, 2.05) is 16.5 Å². The third-order valence-corrected chi connectivity index (χ3v) is 1.90. The Morgan fingerprint density at radius 3 is 3.23 bits per heavy atom. The highest BCUT2D eigenvalue weighted by molar-refractivity contribution is 5.72. The lowest BCUT2D eigenvalue weighted by Crippen LogP contribution is -1.91. The van der Waals surface area contributed by atoms with Crippen LogP contribution in [0.2, 0.25) is 0 Å². The molecular weight excluding hydrogens is 166 g/mol. The Morgan fingerprint density at radius 1 is 1.23 bits per heavy atom. The number of nitrogens with zero attached hydrogens (tertiary/aromatic N) is 5. The van der Waals surface area contributed by atoms with Crippen molar-refractivity contribution in [2.45, 2.75) is 0 Å². The molecule has 0 fully saturated rings. The topological polar surface area (TPSA) is 56.0 Å². The second kappa shape index (κ2) is 2.22. The molecule has 0 aromatic carbocycles. The number of aromatic nitrogens is 5. The molecule has 0 saturated carbocycles. The summed E-state index contributed by atoms with van der Waals surface area (Å²) in [5, 5.41) is 7.69. The highest BCUT2D eigenvalue weighted by atomic mass is 15.2. The fraction of sp³-hybridized carbons (Fsp3) is 0. The first-order chi connectivity index (χ1) is 6.45. The molecular formula is C8H5N5. The first-order valence-corrected chi connectivity index (χ1v) is 3.84. The van der Waals surface area contributed by atoms with Crippen LogP contribution in [0.1, 0.15) is 0 Å². The van der Waals surface area contributed by atoms with Crippen molar-refractivity contribution in [3.63, 3.8) is 0 Å². The molecule has 0 atom stereocenters. The van der Waals surface area contributed by atoms with E-state index in [4.69, 9.17) is 0 Å². The lowest BCUT2D eigenvalue weighted by Gasteiger charge is -1.96. The van der Waals surface area contributed by atoms with E-state index in [1.165, 1.54) is 0 Å². The van der Waals surface area contributed by atoms with Crippen LogP contribution in [0.3, 0.4) is 0 Å². The van der Waals surface area contributed by atoms with Gasteiger partial charge in [-0.05, 0) is 12.1 Å². The lowest BCUT2D eigenvalue weighted by molar-refractivity contribution is 1.11. The number of hydrogen-bond donors (Lipinski definition) is 0. The van der Waals surface area contributed by atoms with Gasteiger partial charge in [0.2, 0.25) is 0 Å². The fourth-order valence-electron chi connectivity index (χ4n) is 1.31. The molecule has 5 heteroatoms. The number of fused-ring (bicyclic) bond motifs is 3. The fourth-order valence-corrected chi connectivity index (χ4v) is 1.31. The van der Waals surface area contributed by atoms with E-state index in [-0.39, 0.29) is 0 Å². The normalized spacial score (nSPS) is 11.1. The molecule has 3 aromatic heterocycles. The van der Waals surface area contributed by atoms with Crippen molar-refractivity contribution in [3.05, 3.63) is 30.9 Å². The van der Waals surface area contributed by atoms with Gasteiger partial charge in [0.25, 0.3) is 0 Å². The zero-order valence-electron chi connectivity index (χ0n) is 6.62. The van der Waals surface area contributed by atoms with E-state index in [0.717, 1.165) is 11.2 Å². The maximum Gasteiger partial charge on any atom is 0.179 e. The Bertz CT molecular complexity index is 571. The molecule has 3 rings (SSSR count). The largest absolute Gasteiger partial charge is 0.277 e. The highest BCUT2D eigenvalue weighted by Gasteiger charge is 2.00. The molecule has 0 amide bonds. The Labute approximate surface area is 73.1 Å². The van der Waals surface area contributed by atoms with Crippen molar-refractivity contribution in [2.75, 3.05) is 0 Å². The van der Waals surface area contributed by atoms with Crippen LogP contribution in [0.15, 0.2) is 30.9 Å². The van der Waals surface area contributed by atoms with Gasteiger partial charge in [-0.3, -0.25) is 4.40 Å². The molecule has 0 aliphatic rings. The number of rotatable bonds is 0. The molecule has 0 bridgehead atoms. The smallest absolute Gasteiger partial charge is 0.179 e. The summed E-state index contributed by atoms with van der Waals surface area (Å²) in [6.45, 7) is 0. The summed E-state index contributed by atoms with van der Waals surface area (Å²) in [6.07, 6.45) is 5.02. The maximum absolute atomic E-state index is 4.15. The predicted octanol–water partition coefficient (Wildman–Crippen LogP) is 0.672. The molecule has 0 aliphatic carbocycles. The van der Waals surface area contributed by atoms with Crippen molar-refractivity contribution in [2.24, 2.45) is 0 Å². The zero-order chi connectivity index (χ0) is 8.67. The minimum Gasteiger partial charge on any atom is -0.277 e. The van der Waals surface area contributed by atoms with Crippen molar-refractivity contribution < 1.29 is 0 Å². The van der Waals surface area contributed by atoms with Crippen molar-refractivity contribution in [1.29, 1.82) is 0 Å². The molecule has 0 N–H and O–H groups in total. The molecule has 0 unspecified atom stereocenters. The summed E-state index contributed by atoms with van der Waals surface area (Å²) < 4.78 is 1.86. The van der Waals surface area contributed by atoms with E-state index in [1.54, 1.807) is 18.7 Å². The lowest BCUT2D eigenvalue weighted by atomic mass is 10.4. The van der Waals surface area contributed by atoms with Gasteiger partial charge in [-0.2, -0.15) is 0 Å². The third-order valence-electron chi connectivity index (χ3n) is 1.90. The highest BCUT2D eigenvalue weighted by Crippen LogP contribution is 2.08. The van der Waals surface area contributed by atoms with Gasteiger partial charge < -0.3 is 0 Å². The van der Waals surface area contributed by atoms with E-state index in [2.05, 4.69) is 20.2 Å². The maximum atomic E-state index is 4.15. The van der Waals surface area contributed by atoms with E-state index >= 15 is 0 Å². The minimum atomic E-state index is 0.704. The van der Waals surface area contributed by atoms with Crippen LogP contribution in [0, 0.1) is 0 Å². The van der Waals surface area contributed by atoms with E-state index in [9.17, 15) is 0 Å². The predicted molar refractivity (Wildman–Crippen MR) is 46.1 cm³/mol. The molecule has 3 heterocycles. The molecule has 0 radical (unpaired) electrons. The average molecular weight is 171 g/mol. The van der Waals surface area contributed by atoms with E-state index < -0.39 is 0 Å². The monoisotopic (exact) mass is 171 g/mol. The van der Waals surface area contributed by atoms with Gasteiger partial charge in [-0.15, -0.1) is 10.2 Å². The van der Waals surface area contributed by atoms with Gasteiger partial charge in [-0.1, -0.05) is 0 Å².